The van der Waals surface area contributed by atoms with E-state index < -0.39 is 0 Å². The molecule has 0 unspecified atom stereocenters. The molecule has 0 atom stereocenters. The Bertz CT molecular complexity index is 2890. The molecule has 9 aromatic carbocycles. The molecule has 0 saturated heterocycles. The van der Waals surface area contributed by atoms with Crippen molar-refractivity contribution in [3.63, 3.8) is 0 Å². The van der Waals surface area contributed by atoms with Crippen LogP contribution in [0.2, 0.25) is 0 Å². The Balaban J connectivity index is 1.25. The zero-order valence-corrected chi connectivity index (χ0v) is 31.7. The molecule has 9 aromatic rings. The van der Waals surface area contributed by atoms with Crippen molar-refractivity contribution in [3.8, 4) is 55.6 Å². The highest BCUT2D eigenvalue weighted by molar-refractivity contribution is 6.06. The van der Waals surface area contributed by atoms with Crippen molar-refractivity contribution >= 4 is 27.8 Å². The summed E-state index contributed by atoms with van der Waals surface area (Å²) < 4.78 is 0. The Kier molecular flexibility index (Phi) is 8.23. The van der Waals surface area contributed by atoms with Crippen LogP contribution in [-0.2, 0) is 5.41 Å². The summed E-state index contributed by atoms with van der Waals surface area (Å²) in [6.45, 7) is 4.72. The van der Waals surface area contributed by atoms with Gasteiger partial charge in [-0.2, -0.15) is 0 Å². The van der Waals surface area contributed by atoms with Crippen molar-refractivity contribution in [2.24, 2.45) is 0 Å². The van der Waals surface area contributed by atoms with Crippen LogP contribution in [0.3, 0.4) is 0 Å². The quantitative estimate of drug-likeness (QED) is 0.159. The van der Waals surface area contributed by atoms with Crippen molar-refractivity contribution in [1.82, 2.24) is 0 Å². The molecule has 10 rings (SSSR count). The van der Waals surface area contributed by atoms with Gasteiger partial charge in [0.1, 0.15) is 0 Å². The van der Waals surface area contributed by atoms with Gasteiger partial charge in [0.15, 0.2) is 0 Å². The molecule has 0 heterocycles. The van der Waals surface area contributed by atoms with Gasteiger partial charge in [0, 0.05) is 21.9 Å². The van der Waals surface area contributed by atoms with Gasteiger partial charge in [-0.25, -0.2) is 0 Å². The minimum atomic E-state index is -0.0987. The number of rotatable bonds is 7. The summed E-state index contributed by atoms with van der Waals surface area (Å²) in [5, 5.41) is 2.41. The molecular formula is C55H41N. The maximum atomic E-state index is 2.51. The fourth-order valence-electron chi connectivity index (χ4n) is 9.10. The van der Waals surface area contributed by atoms with Crippen molar-refractivity contribution in [3.05, 3.63) is 223 Å². The molecule has 56 heavy (non-hydrogen) atoms. The zero-order chi connectivity index (χ0) is 37.6. The van der Waals surface area contributed by atoms with Crippen molar-refractivity contribution in [2.45, 2.75) is 19.3 Å². The van der Waals surface area contributed by atoms with E-state index in [1.165, 1.54) is 77.5 Å². The van der Waals surface area contributed by atoms with Gasteiger partial charge in [-0.15, -0.1) is 0 Å². The van der Waals surface area contributed by atoms with E-state index in [2.05, 4.69) is 231 Å². The fraction of sp³-hybridized carbons (Fsp3) is 0.0545. The van der Waals surface area contributed by atoms with Gasteiger partial charge >= 0.3 is 0 Å². The summed E-state index contributed by atoms with van der Waals surface area (Å²) in [5.74, 6) is 0. The highest BCUT2D eigenvalue weighted by Crippen LogP contribution is 2.55. The monoisotopic (exact) mass is 715 g/mol. The van der Waals surface area contributed by atoms with Crippen molar-refractivity contribution < 1.29 is 0 Å². The molecule has 0 radical (unpaired) electrons. The molecule has 0 saturated carbocycles. The molecule has 1 aliphatic carbocycles. The normalized spacial score (nSPS) is 12.6. The largest absolute Gasteiger partial charge is 0.309 e. The molecule has 0 N–H and O–H groups in total. The van der Waals surface area contributed by atoms with E-state index in [0.29, 0.717) is 0 Å². The topological polar surface area (TPSA) is 3.24 Å². The first-order chi connectivity index (χ1) is 27.6. The predicted octanol–water partition coefficient (Wildman–Crippen LogP) is 15.3. The average Bonchev–Trinajstić information content (AvgIpc) is 3.50. The van der Waals surface area contributed by atoms with Gasteiger partial charge in [0.05, 0.1) is 17.1 Å². The molecule has 0 spiro atoms. The summed E-state index contributed by atoms with van der Waals surface area (Å²) in [4.78, 5) is 2.51. The van der Waals surface area contributed by atoms with Crippen LogP contribution >= 0.6 is 0 Å². The standard InChI is InChI=1S/C55H41N/c1-55(2)49-33-15-12-31-48(49)54-47(32-19-34-50(54)55)46-30-14-17-36-53(46)56(51-37-18-23-39-22-6-7-25-41(39)51)52-35-16-13-29-45(52)44-28-11-10-27-43(44)42-26-9-8-24-40(42)38-20-4-3-5-21-38/h3-37H,1-2H3. The van der Waals surface area contributed by atoms with Crippen LogP contribution < -0.4 is 4.90 Å². The summed E-state index contributed by atoms with van der Waals surface area (Å²) in [6, 6.07) is 77.6. The van der Waals surface area contributed by atoms with Crippen molar-refractivity contribution in [1.29, 1.82) is 0 Å². The third-order valence-electron chi connectivity index (χ3n) is 11.7. The molecule has 0 bridgehead atoms. The van der Waals surface area contributed by atoms with Crippen LogP contribution in [-0.4, -0.2) is 0 Å². The van der Waals surface area contributed by atoms with E-state index in [-0.39, 0.29) is 5.41 Å². The zero-order valence-electron chi connectivity index (χ0n) is 31.7. The van der Waals surface area contributed by atoms with E-state index in [0.717, 1.165) is 17.1 Å². The lowest BCUT2D eigenvalue weighted by Gasteiger charge is -2.31. The number of hydrogen-bond donors (Lipinski definition) is 0. The molecule has 1 nitrogen and oxygen atoms in total. The van der Waals surface area contributed by atoms with Crippen LogP contribution in [0.15, 0.2) is 212 Å². The third kappa shape index (κ3) is 5.47. The summed E-state index contributed by atoms with van der Waals surface area (Å²) >= 11 is 0. The van der Waals surface area contributed by atoms with Crippen LogP contribution in [0.4, 0.5) is 17.1 Å². The smallest absolute Gasteiger partial charge is 0.0540 e. The first-order valence-corrected chi connectivity index (χ1v) is 19.5. The highest BCUT2D eigenvalue weighted by Gasteiger charge is 2.37. The fourth-order valence-corrected chi connectivity index (χ4v) is 9.10. The number of nitrogens with zero attached hydrogens (tertiary/aromatic N) is 1. The molecule has 0 fully saturated rings. The Hall–Kier alpha value is -6.96. The Morgan fingerprint density at radius 3 is 1.45 bits per heavy atom. The van der Waals surface area contributed by atoms with E-state index in [1.807, 2.05) is 0 Å². The van der Waals surface area contributed by atoms with E-state index >= 15 is 0 Å². The van der Waals surface area contributed by atoms with Gasteiger partial charge in [0.2, 0.25) is 0 Å². The van der Waals surface area contributed by atoms with Gasteiger partial charge in [-0.3, -0.25) is 0 Å². The maximum Gasteiger partial charge on any atom is 0.0540 e. The minimum Gasteiger partial charge on any atom is -0.309 e. The second-order valence-corrected chi connectivity index (χ2v) is 15.2. The van der Waals surface area contributed by atoms with Crippen LogP contribution in [0.1, 0.15) is 25.0 Å². The summed E-state index contributed by atoms with van der Waals surface area (Å²) in [6.07, 6.45) is 0. The van der Waals surface area contributed by atoms with Crippen molar-refractivity contribution in [2.75, 3.05) is 4.90 Å². The average molecular weight is 716 g/mol. The van der Waals surface area contributed by atoms with Gasteiger partial charge in [0.25, 0.3) is 0 Å². The maximum absolute atomic E-state index is 2.51. The molecule has 0 aromatic heterocycles. The summed E-state index contributed by atoms with van der Waals surface area (Å²) in [5.41, 5.74) is 18.3. The predicted molar refractivity (Wildman–Crippen MR) is 238 cm³/mol. The van der Waals surface area contributed by atoms with Gasteiger partial charge in [-0.1, -0.05) is 208 Å². The number of fused-ring (bicyclic) bond motifs is 4. The third-order valence-corrected chi connectivity index (χ3v) is 11.7. The van der Waals surface area contributed by atoms with Gasteiger partial charge < -0.3 is 4.90 Å². The van der Waals surface area contributed by atoms with E-state index in [4.69, 9.17) is 0 Å². The lowest BCUT2D eigenvalue weighted by atomic mass is 9.82. The number of hydrogen-bond acceptors (Lipinski definition) is 1. The first-order valence-electron chi connectivity index (χ1n) is 19.5. The van der Waals surface area contributed by atoms with Crippen LogP contribution in [0.25, 0.3) is 66.4 Å². The van der Waals surface area contributed by atoms with E-state index in [9.17, 15) is 0 Å². The Labute approximate surface area is 329 Å². The number of para-hydroxylation sites is 2. The van der Waals surface area contributed by atoms with Crippen LogP contribution in [0.5, 0.6) is 0 Å². The summed E-state index contributed by atoms with van der Waals surface area (Å²) in [7, 11) is 0. The highest BCUT2D eigenvalue weighted by atomic mass is 15.1. The Morgan fingerprint density at radius 1 is 0.304 bits per heavy atom. The number of benzene rings is 9. The lowest BCUT2D eigenvalue weighted by Crippen LogP contribution is -2.15. The first kappa shape index (κ1) is 33.6. The van der Waals surface area contributed by atoms with Gasteiger partial charge in [-0.05, 0) is 79.2 Å². The molecule has 1 aliphatic rings. The molecule has 1 heteroatoms. The second-order valence-electron chi connectivity index (χ2n) is 15.2. The molecular weight excluding hydrogens is 675 g/mol. The second kappa shape index (κ2) is 13.7. The lowest BCUT2D eigenvalue weighted by molar-refractivity contribution is 0.660. The van der Waals surface area contributed by atoms with Crippen LogP contribution in [0, 0.1) is 0 Å². The number of anilines is 3. The molecule has 266 valence electrons. The molecule has 0 amide bonds. The Morgan fingerprint density at radius 2 is 0.732 bits per heavy atom. The van der Waals surface area contributed by atoms with E-state index in [1.54, 1.807) is 0 Å². The SMILES string of the molecule is CC1(C)c2ccccc2-c2c(-c3ccccc3N(c3ccccc3-c3ccccc3-c3ccccc3-c3ccccc3)c3cccc4ccccc34)cccc21. The molecule has 0 aliphatic heterocycles. The minimum absolute atomic E-state index is 0.0987.